The number of nitrogens with zero attached hydrogens (tertiary/aromatic N) is 1. The molecule has 5 nitrogen and oxygen atoms in total. The van der Waals surface area contributed by atoms with Crippen molar-refractivity contribution in [3.63, 3.8) is 0 Å². The smallest absolute Gasteiger partial charge is 0.317 e. The summed E-state index contributed by atoms with van der Waals surface area (Å²) in [7, 11) is 0. The summed E-state index contributed by atoms with van der Waals surface area (Å²) in [6, 6.07) is 5.85. The van der Waals surface area contributed by atoms with E-state index in [1.807, 2.05) is 4.90 Å². The third kappa shape index (κ3) is 5.54. The van der Waals surface area contributed by atoms with Crippen LogP contribution in [0.4, 0.5) is 9.18 Å². The highest BCUT2D eigenvalue weighted by Gasteiger charge is 2.14. The molecule has 0 radical (unpaired) electrons. The van der Waals surface area contributed by atoms with Gasteiger partial charge in [-0.25, -0.2) is 9.18 Å². The van der Waals surface area contributed by atoms with E-state index in [2.05, 4.69) is 10.6 Å². The normalized spacial score (nSPS) is 14.9. The molecule has 0 aliphatic carbocycles. The lowest BCUT2D eigenvalue weighted by Crippen LogP contribution is -2.41. The number of nitrogens with one attached hydrogen (secondary N) is 2. The molecule has 23 heavy (non-hydrogen) atoms. The Morgan fingerprint density at radius 1 is 1.00 bits per heavy atom. The second-order valence-corrected chi connectivity index (χ2v) is 5.72. The maximum absolute atomic E-state index is 13.4. The Labute approximate surface area is 136 Å². The predicted molar refractivity (Wildman–Crippen MR) is 86.8 cm³/mol. The topological polar surface area (TPSA) is 61.4 Å². The van der Waals surface area contributed by atoms with Crippen LogP contribution < -0.4 is 10.6 Å². The Balaban J connectivity index is 1.63. The quantitative estimate of drug-likeness (QED) is 0.819. The van der Waals surface area contributed by atoms with Crippen molar-refractivity contribution in [1.82, 2.24) is 15.5 Å². The van der Waals surface area contributed by atoms with Gasteiger partial charge >= 0.3 is 6.03 Å². The zero-order chi connectivity index (χ0) is 16.5. The van der Waals surface area contributed by atoms with Crippen LogP contribution in [0.5, 0.6) is 0 Å². The minimum Gasteiger partial charge on any atom is -0.352 e. The number of amides is 3. The average Bonchev–Trinajstić information content (AvgIpc) is 2.84. The fraction of sp³-hybridized carbons (Fsp3) is 0.529. The number of rotatable bonds is 5. The SMILES string of the molecule is O=C(NCCCNC(=O)N1CCCCCC1)c1ccccc1F. The van der Waals surface area contributed by atoms with Gasteiger partial charge in [0.2, 0.25) is 0 Å². The average molecular weight is 321 g/mol. The van der Waals surface area contributed by atoms with Crippen LogP contribution in [-0.2, 0) is 0 Å². The van der Waals surface area contributed by atoms with Crippen molar-refractivity contribution >= 4 is 11.9 Å². The molecule has 0 spiro atoms. The maximum Gasteiger partial charge on any atom is 0.317 e. The first kappa shape index (κ1) is 17.2. The van der Waals surface area contributed by atoms with Gasteiger partial charge in [-0.15, -0.1) is 0 Å². The largest absolute Gasteiger partial charge is 0.352 e. The van der Waals surface area contributed by atoms with E-state index in [0.29, 0.717) is 19.5 Å². The molecule has 1 aromatic rings. The molecular formula is C17H24FN3O2. The van der Waals surface area contributed by atoms with E-state index in [1.165, 1.54) is 25.0 Å². The molecule has 2 N–H and O–H groups in total. The first-order chi connectivity index (χ1) is 11.2. The molecule has 0 bridgehead atoms. The van der Waals surface area contributed by atoms with Crippen molar-refractivity contribution in [1.29, 1.82) is 0 Å². The first-order valence-electron chi connectivity index (χ1n) is 8.24. The summed E-state index contributed by atoms with van der Waals surface area (Å²) >= 11 is 0. The Morgan fingerprint density at radius 3 is 2.35 bits per heavy atom. The molecule has 6 heteroatoms. The minimum atomic E-state index is -0.528. The Kier molecular flexibility index (Phi) is 6.84. The van der Waals surface area contributed by atoms with Gasteiger partial charge in [0, 0.05) is 26.2 Å². The Bertz CT molecular complexity index is 528. The number of halogens is 1. The molecule has 1 heterocycles. The summed E-state index contributed by atoms with van der Waals surface area (Å²) < 4.78 is 13.4. The van der Waals surface area contributed by atoms with Gasteiger partial charge in [0.25, 0.3) is 5.91 Å². The Morgan fingerprint density at radius 2 is 1.65 bits per heavy atom. The van der Waals surface area contributed by atoms with Crippen LogP contribution in [0.25, 0.3) is 0 Å². The molecule has 1 aliphatic rings. The second-order valence-electron chi connectivity index (χ2n) is 5.72. The van der Waals surface area contributed by atoms with Crippen LogP contribution in [0.3, 0.4) is 0 Å². The summed E-state index contributed by atoms with van der Waals surface area (Å²) in [6.45, 7) is 2.52. The van der Waals surface area contributed by atoms with Crippen molar-refractivity contribution in [3.05, 3.63) is 35.6 Å². The standard InChI is InChI=1S/C17H24FN3O2/c18-15-9-4-3-8-14(15)16(22)19-10-7-11-20-17(23)21-12-5-1-2-6-13-21/h3-4,8-9H,1-2,5-7,10-13H2,(H,19,22)(H,20,23). The van der Waals surface area contributed by atoms with Crippen LogP contribution in [0, 0.1) is 5.82 Å². The molecule has 2 rings (SSSR count). The van der Waals surface area contributed by atoms with Crippen LogP contribution in [0.15, 0.2) is 24.3 Å². The molecule has 1 saturated heterocycles. The highest BCUT2D eigenvalue weighted by atomic mass is 19.1. The molecule has 0 aromatic heterocycles. The van der Waals surface area contributed by atoms with Gasteiger partial charge in [0.15, 0.2) is 0 Å². The van der Waals surface area contributed by atoms with Crippen molar-refractivity contribution < 1.29 is 14.0 Å². The number of carbonyl (C=O) groups is 2. The number of hydrogen-bond donors (Lipinski definition) is 2. The van der Waals surface area contributed by atoms with E-state index in [1.54, 1.807) is 12.1 Å². The van der Waals surface area contributed by atoms with Crippen LogP contribution in [-0.4, -0.2) is 43.0 Å². The van der Waals surface area contributed by atoms with E-state index < -0.39 is 11.7 Å². The minimum absolute atomic E-state index is 0.0349. The van der Waals surface area contributed by atoms with Gasteiger partial charge in [-0.05, 0) is 31.4 Å². The second kappa shape index (κ2) is 9.12. The van der Waals surface area contributed by atoms with E-state index in [0.717, 1.165) is 25.9 Å². The lowest BCUT2D eigenvalue weighted by molar-refractivity contribution is 0.0949. The fourth-order valence-electron chi connectivity index (χ4n) is 2.61. The van der Waals surface area contributed by atoms with Gasteiger partial charge in [-0.3, -0.25) is 4.79 Å². The summed E-state index contributed by atoms with van der Waals surface area (Å²) in [5.74, 6) is -0.957. The van der Waals surface area contributed by atoms with Gasteiger partial charge in [-0.1, -0.05) is 25.0 Å². The molecular weight excluding hydrogens is 297 g/mol. The summed E-state index contributed by atoms with van der Waals surface area (Å²) in [5.41, 5.74) is 0.0427. The number of urea groups is 1. The lowest BCUT2D eigenvalue weighted by atomic mass is 10.2. The van der Waals surface area contributed by atoms with Crippen molar-refractivity contribution in [2.45, 2.75) is 32.1 Å². The summed E-state index contributed by atoms with van der Waals surface area (Å²) in [6.07, 6.45) is 5.11. The van der Waals surface area contributed by atoms with E-state index in [4.69, 9.17) is 0 Å². The first-order valence-corrected chi connectivity index (χ1v) is 8.24. The van der Waals surface area contributed by atoms with E-state index in [-0.39, 0.29) is 11.6 Å². The van der Waals surface area contributed by atoms with Crippen LogP contribution >= 0.6 is 0 Å². The molecule has 126 valence electrons. The van der Waals surface area contributed by atoms with Crippen LogP contribution in [0.1, 0.15) is 42.5 Å². The molecule has 1 fully saturated rings. The Hall–Kier alpha value is -2.11. The van der Waals surface area contributed by atoms with Gasteiger partial charge < -0.3 is 15.5 Å². The molecule has 3 amide bonds. The molecule has 0 unspecified atom stereocenters. The molecule has 0 atom stereocenters. The number of likely N-dealkylation sites (tertiary alicyclic amines) is 1. The zero-order valence-corrected chi connectivity index (χ0v) is 13.3. The van der Waals surface area contributed by atoms with Crippen molar-refractivity contribution in [3.8, 4) is 0 Å². The van der Waals surface area contributed by atoms with E-state index >= 15 is 0 Å². The number of carbonyl (C=O) groups excluding carboxylic acids is 2. The monoisotopic (exact) mass is 321 g/mol. The van der Waals surface area contributed by atoms with Gasteiger partial charge in [-0.2, -0.15) is 0 Å². The fourth-order valence-corrected chi connectivity index (χ4v) is 2.61. The lowest BCUT2D eigenvalue weighted by Gasteiger charge is -2.20. The van der Waals surface area contributed by atoms with Gasteiger partial charge in [0.05, 0.1) is 5.56 Å². The zero-order valence-electron chi connectivity index (χ0n) is 13.3. The van der Waals surface area contributed by atoms with E-state index in [9.17, 15) is 14.0 Å². The highest BCUT2D eigenvalue weighted by molar-refractivity contribution is 5.94. The van der Waals surface area contributed by atoms with Crippen molar-refractivity contribution in [2.75, 3.05) is 26.2 Å². The van der Waals surface area contributed by atoms with Gasteiger partial charge in [0.1, 0.15) is 5.82 Å². The number of hydrogen-bond acceptors (Lipinski definition) is 2. The molecule has 1 aliphatic heterocycles. The number of benzene rings is 1. The van der Waals surface area contributed by atoms with Crippen molar-refractivity contribution in [2.24, 2.45) is 0 Å². The highest BCUT2D eigenvalue weighted by Crippen LogP contribution is 2.09. The molecule has 1 aromatic carbocycles. The third-order valence-corrected chi connectivity index (χ3v) is 3.93. The maximum atomic E-state index is 13.4. The summed E-state index contributed by atoms with van der Waals surface area (Å²) in [4.78, 5) is 25.6. The predicted octanol–water partition coefficient (Wildman–Crippen LogP) is 2.53. The molecule has 0 saturated carbocycles. The van der Waals surface area contributed by atoms with Crippen LogP contribution in [0.2, 0.25) is 0 Å². The summed E-state index contributed by atoms with van der Waals surface area (Å²) in [5, 5.41) is 5.53. The third-order valence-electron chi connectivity index (χ3n) is 3.93.